The highest BCUT2D eigenvalue weighted by Gasteiger charge is 2.22. The molecular weight excluding hydrogens is 230 g/mol. The van der Waals surface area contributed by atoms with E-state index in [1.165, 1.54) is 6.92 Å². The average molecular weight is 237 g/mol. The monoisotopic (exact) mass is 236 g/mol. The van der Waals surface area contributed by atoms with E-state index in [1.54, 1.807) is 0 Å². The summed E-state index contributed by atoms with van der Waals surface area (Å²) in [4.78, 5) is 13.2. The van der Waals surface area contributed by atoms with Crippen LogP contribution >= 0.6 is 11.6 Å². The Morgan fingerprint density at radius 1 is 1.67 bits per heavy atom. The first-order chi connectivity index (χ1) is 6.97. The molecule has 0 aliphatic rings. The Morgan fingerprint density at radius 2 is 2.27 bits per heavy atom. The number of alkyl halides is 3. The molecule has 7 heteroatoms. The van der Waals surface area contributed by atoms with Crippen molar-refractivity contribution >= 4 is 17.4 Å². The highest BCUT2D eigenvalue weighted by Crippen LogP contribution is 2.28. The molecule has 1 aromatic rings. The number of hydrogen-bond donors (Lipinski definition) is 0. The number of nitrogens with zero attached hydrogens (tertiary/aromatic N) is 2. The van der Waals surface area contributed by atoms with Crippen molar-refractivity contribution < 1.29 is 13.7 Å². The van der Waals surface area contributed by atoms with Crippen molar-refractivity contribution in [2.75, 3.05) is 0 Å². The first-order valence-corrected chi connectivity index (χ1v) is 4.49. The van der Waals surface area contributed by atoms with Crippen LogP contribution < -0.4 is 0 Å². The van der Waals surface area contributed by atoms with Gasteiger partial charge in [-0.05, 0) is 9.91 Å². The number of aryl methyl sites for hydroxylation is 1. The average Bonchev–Trinajstić information content (AvgIpc) is 2.16. The van der Waals surface area contributed by atoms with Crippen LogP contribution in [0.2, 0.25) is 0 Å². The predicted molar refractivity (Wildman–Crippen MR) is 50.1 cm³/mol. The van der Waals surface area contributed by atoms with E-state index in [1.807, 2.05) is 0 Å². The Bertz CT molecular complexity index is 398. The molecule has 1 aromatic heterocycles. The van der Waals surface area contributed by atoms with Crippen LogP contribution in [0.15, 0.2) is 6.07 Å². The van der Waals surface area contributed by atoms with Crippen molar-refractivity contribution in [2.24, 2.45) is 0 Å². The lowest BCUT2D eigenvalue weighted by Crippen LogP contribution is -2.02. The Morgan fingerprint density at radius 3 is 2.67 bits per heavy atom. The maximum atomic E-state index is 12.5. The van der Waals surface area contributed by atoms with Crippen LogP contribution in [0.4, 0.5) is 14.6 Å². The van der Waals surface area contributed by atoms with Gasteiger partial charge in [0.25, 0.3) is 6.43 Å². The van der Waals surface area contributed by atoms with Crippen molar-refractivity contribution in [1.82, 2.24) is 4.98 Å². The van der Waals surface area contributed by atoms with Crippen LogP contribution in [-0.2, 0) is 5.88 Å². The molecule has 0 N–H and O–H groups in total. The second-order valence-corrected chi connectivity index (χ2v) is 3.09. The first-order valence-electron chi connectivity index (χ1n) is 3.96. The third kappa shape index (κ3) is 2.38. The molecule has 0 spiro atoms. The normalized spacial score (nSPS) is 10.7. The molecule has 0 saturated heterocycles. The molecule has 15 heavy (non-hydrogen) atoms. The number of hydrogen-bond acceptors (Lipinski definition) is 3. The van der Waals surface area contributed by atoms with Crippen LogP contribution in [0.1, 0.15) is 23.2 Å². The molecule has 82 valence electrons. The molecule has 0 atom stereocenters. The molecule has 0 amide bonds. The molecule has 1 heterocycles. The fourth-order valence-corrected chi connectivity index (χ4v) is 1.52. The van der Waals surface area contributed by atoms with E-state index < -0.39 is 22.7 Å². The minimum atomic E-state index is -2.79. The van der Waals surface area contributed by atoms with Gasteiger partial charge in [-0.25, -0.2) is 8.78 Å². The van der Waals surface area contributed by atoms with Crippen LogP contribution in [-0.4, -0.2) is 9.91 Å². The van der Waals surface area contributed by atoms with E-state index in [4.69, 9.17) is 11.6 Å². The van der Waals surface area contributed by atoms with E-state index in [9.17, 15) is 18.9 Å². The van der Waals surface area contributed by atoms with Gasteiger partial charge in [0.05, 0.1) is 5.88 Å². The summed E-state index contributed by atoms with van der Waals surface area (Å²) in [5.41, 5.74) is -0.115. The van der Waals surface area contributed by atoms with Crippen LogP contribution in [0.25, 0.3) is 0 Å². The lowest BCUT2D eigenvalue weighted by molar-refractivity contribution is -0.389. The molecular formula is C8H7ClF2N2O2. The van der Waals surface area contributed by atoms with Crippen LogP contribution in [0.5, 0.6) is 0 Å². The van der Waals surface area contributed by atoms with E-state index in [0.717, 1.165) is 6.07 Å². The molecule has 0 aliphatic carbocycles. The van der Waals surface area contributed by atoms with Gasteiger partial charge >= 0.3 is 5.82 Å². The molecule has 1 rings (SSSR count). The summed E-state index contributed by atoms with van der Waals surface area (Å²) < 4.78 is 25.1. The fraction of sp³-hybridized carbons (Fsp3) is 0.375. The standard InChI is InChI=1S/C8H7ClF2N2O2/c1-4-6(3-9)5(8(10)11)2-7(12-4)13(14)15/h2,8H,3H2,1H3. The van der Waals surface area contributed by atoms with Crippen molar-refractivity contribution in [3.63, 3.8) is 0 Å². The van der Waals surface area contributed by atoms with Crippen molar-refractivity contribution in [3.8, 4) is 0 Å². The minimum Gasteiger partial charge on any atom is -0.358 e. The summed E-state index contributed by atoms with van der Waals surface area (Å²) in [5, 5.41) is 10.4. The predicted octanol–water partition coefficient (Wildman–Crippen LogP) is 2.97. The van der Waals surface area contributed by atoms with Gasteiger partial charge in [0, 0.05) is 24.1 Å². The Kier molecular flexibility index (Phi) is 3.52. The molecule has 0 fully saturated rings. The summed E-state index contributed by atoms with van der Waals surface area (Å²) in [6, 6.07) is 0.759. The van der Waals surface area contributed by atoms with Crippen LogP contribution in [0.3, 0.4) is 0 Å². The minimum absolute atomic E-state index is 0.142. The highest BCUT2D eigenvalue weighted by atomic mass is 35.5. The Labute approximate surface area is 89.0 Å². The Balaban J connectivity index is 3.38. The lowest BCUT2D eigenvalue weighted by atomic mass is 10.1. The zero-order valence-electron chi connectivity index (χ0n) is 7.71. The largest absolute Gasteiger partial charge is 0.364 e. The summed E-state index contributed by atoms with van der Waals surface area (Å²) in [5.74, 6) is -0.729. The highest BCUT2D eigenvalue weighted by molar-refractivity contribution is 6.17. The zero-order chi connectivity index (χ0) is 11.6. The number of aromatic nitrogens is 1. The molecule has 0 unspecified atom stereocenters. The number of rotatable bonds is 3. The van der Waals surface area contributed by atoms with Gasteiger partial charge in [0.2, 0.25) is 0 Å². The fourth-order valence-electron chi connectivity index (χ4n) is 1.17. The maximum absolute atomic E-state index is 12.5. The van der Waals surface area contributed by atoms with Gasteiger partial charge in [-0.1, -0.05) is 0 Å². The quantitative estimate of drug-likeness (QED) is 0.461. The van der Waals surface area contributed by atoms with Gasteiger partial charge in [-0.3, -0.25) is 0 Å². The second kappa shape index (κ2) is 4.48. The van der Waals surface area contributed by atoms with E-state index in [2.05, 4.69) is 4.98 Å². The lowest BCUT2D eigenvalue weighted by Gasteiger charge is -2.06. The van der Waals surface area contributed by atoms with E-state index in [-0.39, 0.29) is 17.1 Å². The molecule has 4 nitrogen and oxygen atoms in total. The van der Waals surface area contributed by atoms with E-state index in [0.29, 0.717) is 0 Å². The van der Waals surface area contributed by atoms with Crippen molar-refractivity contribution in [3.05, 3.63) is 33.0 Å². The van der Waals surface area contributed by atoms with Crippen molar-refractivity contribution in [2.45, 2.75) is 19.2 Å². The third-order valence-electron chi connectivity index (χ3n) is 1.91. The smallest absolute Gasteiger partial charge is 0.358 e. The van der Waals surface area contributed by atoms with Crippen LogP contribution in [0, 0.1) is 17.0 Å². The summed E-state index contributed by atoms with van der Waals surface area (Å²) in [6.07, 6.45) is -2.79. The summed E-state index contributed by atoms with van der Waals surface area (Å²) >= 11 is 5.47. The molecule has 0 radical (unpaired) electrons. The number of halogens is 3. The zero-order valence-corrected chi connectivity index (χ0v) is 8.46. The van der Waals surface area contributed by atoms with Gasteiger partial charge < -0.3 is 10.1 Å². The molecule has 0 bridgehead atoms. The van der Waals surface area contributed by atoms with Gasteiger partial charge in [-0.2, -0.15) is 0 Å². The topological polar surface area (TPSA) is 56.0 Å². The number of pyridine rings is 1. The number of nitro groups is 1. The summed E-state index contributed by atoms with van der Waals surface area (Å²) in [6.45, 7) is 1.41. The maximum Gasteiger partial charge on any atom is 0.364 e. The summed E-state index contributed by atoms with van der Waals surface area (Å²) in [7, 11) is 0. The molecule has 0 saturated carbocycles. The van der Waals surface area contributed by atoms with Crippen molar-refractivity contribution in [1.29, 1.82) is 0 Å². The third-order valence-corrected chi connectivity index (χ3v) is 2.18. The van der Waals surface area contributed by atoms with Gasteiger partial charge in [0.15, 0.2) is 5.69 Å². The van der Waals surface area contributed by atoms with E-state index >= 15 is 0 Å². The molecule has 0 aliphatic heterocycles. The second-order valence-electron chi connectivity index (χ2n) is 2.83. The SMILES string of the molecule is Cc1nc([N+](=O)[O-])cc(C(F)F)c1CCl. The molecule has 0 aromatic carbocycles. The Hall–Kier alpha value is -1.30. The van der Waals surface area contributed by atoms with Gasteiger partial charge in [-0.15, -0.1) is 11.6 Å². The first kappa shape index (κ1) is 11.8. The van der Waals surface area contributed by atoms with Gasteiger partial charge in [0.1, 0.15) is 0 Å².